The van der Waals surface area contributed by atoms with Gasteiger partial charge in [-0.25, -0.2) is 9.97 Å². The van der Waals surface area contributed by atoms with Gasteiger partial charge in [-0.1, -0.05) is 39.3 Å². The van der Waals surface area contributed by atoms with E-state index >= 15 is 0 Å². The van der Waals surface area contributed by atoms with Crippen molar-refractivity contribution in [3.63, 3.8) is 0 Å². The van der Waals surface area contributed by atoms with Gasteiger partial charge in [-0.15, -0.1) is 0 Å². The van der Waals surface area contributed by atoms with Crippen LogP contribution in [0.2, 0.25) is 5.15 Å². The first kappa shape index (κ1) is 17.2. The lowest BCUT2D eigenvalue weighted by molar-refractivity contribution is 0.202. The molecule has 0 bridgehead atoms. The SMILES string of the molecule is CCC(CC)N(CCOC)c1cc(Cl)nc(C(C)C)n1. The summed E-state index contributed by atoms with van der Waals surface area (Å²) in [5.41, 5.74) is 0. The number of anilines is 1. The fourth-order valence-electron chi connectivity index (χ4n) is 2.23. The van der Waals surface area contributed by atoms with Crippen molar-refractivity contribution in [2.24, 2.45) is 0 Å². The quantitative estimate of drug-likeness (QED) is 0.683. The summed E-state index contributed by atoms with van der Waals surface area (Å²) in [6.45, 7) is 10.0. The fraction of sp³-hybridized carbons (Fsp3) is 0.733. The van der Waals surface area contributed by atoms with Gasteiger partial charge in [0.1, 0.15) is 16.8 Å². The Bertz CT molecular complexity index is 408. The Morgan fingerprint density at radius 3 is 2.40 bits per heavy atom. The topological polar surface area (TPSA) is 38.2 Å². The summed E-state index contributed by atoms with van der Waals surface area (Å²) < 4.78 is 5.22. The van der Waals surface area contributed by atoms with E-state index in [1.165, 1.54) is 0 Å². The standard InChI is InChI=1S/C15H26ClN3O/c1-6-12(7-2)19(8-9-20-5)14-10-13(16)17-15(18-14)11(3)4/h10-12H,6-9H2,1-5H3. The van der Waals surface area contributed by atoms with Crippen LogP contribution in [0.4, 0.5) is 5.82 Å². The van der Waals surface area contributed by atoms with Gasteiger partial charge in [0.25, 0.3) is 0 Å². The van der Waals surface area contributed by atoms with Crippen molar-refractivity contribution in [1.29, 1.82) is 0 Å². The van der Waals surface area contributed by atoms with Crippen LogP contribution in [0.5, 0.6) is 0 Å². The number of hydrogen-bond donors (Lipinski definition) is 0. The zero-order valence-corrected chi connectivity index (χ0v) is 13.9. The normalized spacial score (nSPS) is 11.4. The average molecular weight is 300 g/mol. The molecule has 0 amide bonds. The highest BCUT2D eigenvalue weighted by atomic mass is 35.5. The molecule has 0 N–H and O–H groups in total. The maximum Gasteiger partial charge on any atom is 0.135 e. The molecule has 4 nitrogen and oxygen atoms in total. The van der Waals surface area contributed by atoms with Crippen molar-refractivity contribution in [3.05, 3.63) is 17.0 Å². The highest BCUT2D eigenvalue weighted by Gasteiger charge is 2.19. The molecule has 0 fully saturated rings. The Labute approximate surface area is 127 Å². The maximum absolute atomic E-state index is 6.15. The van der Waals surface area contributed by atoms with Gasteiger partial charge >= 0.3 is 0 Å². The molecule has 0 spiro atoms. The molecule has 1 aromatic rings. The van der Waals surface area contributed by atoms with Crippen LogP contribution in [-0.2, 0) is 4.74 Å². The van der Waals surface area contributed by atoms with Gasteiger partial charge in [0.05, 0.1) is 6.61 Å². The van der Waals surface area contributed by atoms with E-state index in [0.29, 0.717) is 17.8 Å². The minimum atomic E-state index is 0.262. The number of aromatic nitrogens is 2. The van der Waals surface area contributed by atoms with Gasteiger partial charge in [-0.05, 0) is 12.8 Å². The molecule has 114 valence electrons. The van der Waals surface area contributed by atoms with Crippen molar-refractivity contribution < 1.29 is 4.74 Å². The molecule has 1 rings (SSSR count). The highest BCUT2D eigenvalue weighted by molar-refractivity contribution is 6.29. The summed E-state index contributed by atoms with van der Waals surface area (Å²) in [7, 11) is 1.72. The maximum atomic E-state index is 6.15. The Kier molecular flexibility index (Phi) is 7.24. The van der Waals surface area contributed by atoms with Crippen LogP contribution in [0, 0.1) is 0 Å². The predicted molar refractivity (Wildman–Crippen MR) is 84.7 cm³/mol. The van der Waals surface area contributed by atoms with Crippen LogP contribution < -0.4 is 4.90 Å². The van der Waals surface area contributed by atoms with Crippen molar-refractivity contribution in [1.82, 2.24) is 9.97 Å². The number of nitrogens with zero attached hydrogens (tertiary/aromatic N) is 3. The lowest BCUT2D eigenvalue weighted by Gasteiger charge is -2.31. The van der Waals surface area contributed by atoms with Crippen LogP contribution in [0.25, 0.3) is 0 Å². The Hall–Kier alpha value is -0.870. The lowest BCUT2D eigenvalue weighted by Crippen LogP contribution is -2.38. The molecule has 1 heterocycles. The molecule has 0 aliphatic carbocycles. The second-order valence-corrected chi connectivity index (χ2v) is 5.61. The number of methoxy groups -OCH3 is 1. The Morgan fingerprint density at radius 1 is 1.25 bits per heavy atom. The molecule has 1 aromatic heterocycles. The molecule has 0 saturated heterocycles. The van der Waals surface area contributed by atoms with Gasteiger partial charge in [0, 0.05) is 31.7 Å². The molecule has 20 heavy (non-hydrogen) atoms. The minimum absolute atomic E-state index is 0.262. The van der Waals surface area contributed by atoms with Crippen molar-refractivity contribution in [2.75, 3.05) is 25.2 Å². The van der Waals surface area contributed by atoms with E-state index in [2.05, 4.69) is 42.6 Å². The molecule has 0 aromatic carbocycles. The number of hydrogen-bond acceptors (Lipinski definition) is 4. The minimum Gasteiger partial charge on any atom is -0.383 e. The van der Waals surface area contributed by atoms with Crippen LogP contribution in [0.3, 0.4) is 0 Å². The van der Waals surface area contributed by atoms with E-state index in [-0.39, 0.29) is 5.92 Å². The van der Waals surface area contributed by atoms with E-state index in [0.717, 1.165) is 31.0 Å². The Balaban J connectivity index is 3.11. The lowest BCUT2D eigenvalue weighted by atomic mass is 10.1. The van der Waals surface area contributed by atoms with E-state index in [1.54, 1.807) is 7.11 Å². The molecule has 0 unspecified atom stereocenters. The fourth-order valence-corrected chi connectivity index (χ4v) is 2.42. The molecule has 5 heteroatoms. The predicted octanol–water partition coefficient (Wildman–Crippen LogP) is 3.89. The first-order valence-electron chi connectivity index (χ1n) is 7.33. The van der Waals surface area contributed by atoms with Crippen LogP contribution in [-0.4, -0.2) is 36.3 Å². The van der Waals surface area contributed by atoms with Crippen LogP contribution in [0.1, 0.15) is 52.3 Å². The smallest absolute Gasteiger partial charge is 0.135 e. The first-order valence-corrected chi connectivity index (χ1v) is 7.71. The summed E-state index contributed by atoms with van der Waals surface area (Å²) in [5.74, 6) is 1.96. The van der Waals surface area contributed by atoms with Crippen LogP contribution in [0.15, 0.2) is 6.07 Å². The van der Waals surface area contributed by atoms with Crippen molar-refractivity contribution >= 4 is 17.4 Å². The van der Waals surface area contributed by atoms with E-state index < -0.39 is 0 Å². The summed E-state index contributed by atoms with van der Waals surface area (Å²) in [6.07, 6.45) is 2.14. The summed E-state index contributed by atoms with van der Waals surface area (Å²) in [6, 6.07) is 2.29. The highest BCUT2D eigenvalue weighted by Crippen LogP contribution is 2.23. The van der Waals surface area contributed by atoms with Gasteiger partial charge in [-0.3, -0.25) is 0 Å². The third-order valence-corrected chi connectivity index (χ3v) is 3.62. The second kappa shape index (κ2) is 8.42. The average Bonchev–Trinajstić information content (AvgIpc) is 2.42. The number of rotatable bonds is 8. The monoisotopic (exact) mass is 299 g/mol. The summed E-state index contributed by atoms with van der Waals surface area (Å²) >= 11 is 6.15. The van der Waals surface area contributed by atoms with Crippen molar-refractivity contribution in [2.45, 2.75) is 52.5 Å². The van der Waals surface area contributed by atoms with E-state index in [4.69, 9.17) is 16.3 Å². The molecular formula is C15H26ClN3O. The number of ether oxygens (including phenoxy) is 1. The molecule has 0 aliphatic rings. The molecular weight excluding hydrogens is 274 g/mol. The molecule has 0 aliphatic heterocycles. The zero-order chi connectivity index (χ0) is 15.1. The largest absolute Gasteiger partial charge is 0.383 e. The van der Waals surface area contributed by atoms with Crippen molar-refractivity contribution in [3.8, 4) is 0 Å². The zero-order valence-electron chi connectivity index (χ0n) is 13.2. The third kappa shape index (κ3) is 4.60. The van der Waals surface area contributed by atoms with E-state index in [9.17, 15) is 0 Å². The van der Waals surface area contributed by atoms with Gasteiger partial charge in [0.15, 0.2) is 0 Å². The molecule has 0 saturated carbocycles. The van der Waals surface area contributed by atoms with Gasteiger partial charge in [-0.2, -0.15) is 0 Å². The van der Waals surface area contributed by atoms with E-state index in [1.807, 2.05) is 6.07 Å². The van der Waals surface area contributed by atoms with Crippen LogP contribution >= 0.6 is 11.6 Å². The number of halogens is 1. The second-order valence-electron chi connectivity index (χ2n) is 5.22. The Morgan fingerprint density at radius 2 is 1.90 bits per heavy atom. The van der Waals surface area contributed by atoms with Gasteiger partial charge in [0.2, 0.25) is 0 Å². The summed E-state index contributed by atoms with van der Waals surface area (Å²) in [5, 5.41) is 0.507. The summed E-state index contributed by atoms with van der Waals surface area (Å²) in [4.78, 5) is 11.3. The third-order valence-electron chi connectivity index (χ3n) is 3.43. The molecule has 0 radical (unpaired) electrons. The van der Waals surface area contributed by atoms with Gasteiger partial charge < -0.3 is 9.64 Å². The first-order chi connectivity index (χ1) is 9.53. The molecule has 0 atom stereocenters.